The van der Waals surface area contributed by atoms with Gasteiger partial charge in [0.1, 0.15) is 0 Å². The minimum atomic E-state index is -4.27. The fraction of sp³-hybridized carbons (Fsp3) is 0.333. The number of hydrogen-bond donors (Lipinski definition) is 1. The molecule has 1 aliphatic heterocycles. The molecule has 0 aliphatic carbocycles. The number of aliphatic imine (C=N–C) groups is 1. The highest BCUT2D eigenvalue weighted by Crippen LogP contribution is 2.29. The number of rotatable bonds is 4. The van der Waals surface area contributed by atoms with E-state index in [0.717, 1.165) is 11.1 Å². The smallest absolute Gasteiger partial charge is 0.389 e. The molecule has 3 rings (SSSR count). The number of nitrogens with two attached hydrogens (primary N) is 1. The molecule has 0 unspecified atom stereocenters. The molecule has 0 bridgehead atoms. The van der Waals surface area contributed by atoms with Crippen LogP contribution in [0.5, 0.6) is 0 Å². The molecule has 1 amide bonds. The van der Waals surface area contributed by atoms with Crippen LogP contribution in [0, 0.1) is 6.92 Å². The van der Waals surface area contributed by atoms with E-state index >= 15 is 0 Å². The van der Waals surface area contributed by atoms with Crippen molar-refractivity contribution in [3.63, 3.8) is 0 Å². The fourth-order valence-corrected chi connectivity index (χ4v) is 3.50. The Balaban J connectivity index is 1.88. The number of hydrogen-bond acceptors (Lipinski definition) is 3. The van der Waals surface area contributed by atoms with E-state index in [9.17, 15) is 18.0 Å². The number of anilines is 1. The van der Waals surface area contributed by atoms with Crippen molar-refractivity contribution >= 4 is 17.3 Å². The van der Waals surface area contributed by atoms with Gasteiger partial charge in [-0.25, -0.2) is 0 Å². The molecule has 4 nitrogen and oxygen atoms in total. The monoisotopic (exact) mass is 389 g/mol. The SMILES string of the molecule is CN=C(CCC(F)(F)F)c1cc(C(=O)N2Cc3ccccc3C2)c(N)cc1C. The van der Waals surface area contributed by atoms with Crippen molar-refractivity contribution in [3.05, 3.63) is 64.2 Å². The topological polar surface area (TPSA) is 58.7 Å². The van der Waals surface area contributed by atoms with E-state index in [0.29, 0.717) is 41.2 Å². The van der Waals surface area contributed by atoms with E-state index in [4.69, 9.17) is 5.73 Å². The van der Waals surface area contributed by atoms with E-state index in [1.807, 2.05) is 24.3 Å². The Morgan fingerprint density at radius 1 is 1.14 bits per heavy atom. The summed E-state index contributed by atoms with van der Waals surface area (Å²) in [5.74, 6) is -0.235. The van der Waals surface area contributed by atoms with E-state index in [2.05, 4.69) is 4.99 Å². The molecule has 148 valence electrons. The minimum absolute atomic E-state index is 0.235. The van der Waals surface area contributed by atoms with Crippen LogP contribution < -0.4 is 5.73 Å². The quantitative estimate of drug-likeness (QED) is 0.619. The number of aryl methyl sites for hydroxylation is 1. The fourth-order valence-electron chi connectivity index (χ4n) is 3.50. The maximum atomic E-state index is 13.1. The third-order valence-corrected chi connectivity index (χ3v) is 4.98. The first kappa shape index (κ1) is 19.9. The molecule has 2 N–H and O–H groups in total. The molecular weight excluding hydrogens is 367 g/mol. The van der Waals surface area contributed by atoms with Crippen LogP contribution in [0.2, 0.25) is 0 Å². The third-order valence-electron chi connectivity index (χ3n) is 4.98. The standard InChI is InChI=1S/C21H22F3N3O/c1-13-9-18(25)17(10-16(13)19(26-2)7-8-21(22,23)24)20(28)27-11-14-5-3-4-6-15(14)12-27/h3-6,9-10H,7-8,11-12,25H2,1-2H3. The van der Waals surface area contributed by atoms with Crippen LogP contribution in [-0.2, 0) is 13.1 Å². The predicted octanol–water partition coefficient (Wildman–Crippen LogP) is 4.49. The van der Waals surface area contributed by atoms with Crippen molar-refractivity contribution in [3.8, 4) is 0 Å². The molecule has 7 heteroatoms. The van der Waals surface area contributed by atoms with E-state index in [1.54, 1.807) is 24.0 Å². The molecule has 0 spiro atoms. The lowest BCUT2D eigenvalue weighted by atomic mass is 9.96. The second kappa shape index (κ2) is 7.66. The van der Waals surface area contributed by atoms with Crippen LogP contribution in [0.1, 0.15) is 45.5 Å². The van der Waals surface area contributed by atoms with Gasteiger partial charge in [-0.15, -0.1) is 0 Å². The van der Waals surface area contributed by atoms with Gasteiger partial charge in [-0.1, -0.05) is 24.3 Å². The van der Waals surface area contributed by atoms with Gasteiger partial charge < -0.3 is 10.6 Å². The lowest BCUT2D eigenvalue weighted by molar-refractivity contribution is -0.132. The Morgan fingerprint density at radius 2 is 1.75 bits per heavy atom. The lowest BCUT2D eigenvalue weighted by Gasteiger charge is -2.19. The van der Waals surface area contributed by atoms with E-state index < -0.39 is 12.6 Å². The summed E-state index contributed by atoms with van der Waals surface area (Å²) in [5.41, 5.74) is 10.4. The normalized spacial score (nSPS) is 14.3. The summed E-state index contributed by atoms with van der Waals surface area (Å²) in [4.78, 5) is 18.8. The number of carbonyl (C=O) groups excluding carboxylic acids is 1. The maximum Gasteiger partial charge on any atom is 0.389 e. The zero-order chi connectivity index (χ0) is 20.5. The number of halogens is 3. The highest BCUT2D eigenvalue weighted by atomic mass is 19.4. The molecule has 2 aromatic carbocycles. The average molecular weight is 389 g/mol. The highest BCUT2D eigenvalue weighted by molar-refractivity contribution is 6.06. The summed E-state index contributed by atoms with van der Waals surface area (Å²) in [6.07, 6.45) is -5.47. The second-order valence-electron chi connectivity index (χ2n) is 6.97. The van der Waals surface area contributed by atoms with Crippen LogP contribution in [0.3, 0.4) is 0 Å². The molecule has 2 aromatic rings. The second-order valence-corrected chi connectivity index (χ2v) is 6.97. The summed E-state index contributed by atoms with van der Waals surface area (Å²) >= 11 is 0. The van der Waals surface area contributed by atoms with Crippen molar-refractivity contribution in [1.82, 2.24) is 4.90 Å². The highest BCUT2D eigenvalue weighted by Gasteiger charge is 2.29. The molecule has 0 fully saturated rings. The Kier molecular flexibility index (Phi) is 5.45. The predicted molar refractivity (Wildman–Crippen MR) is 103 cm³/mol. The van der Waals surface area contributed by atoms with Crippen molar-refractivity contribution in [2.75, 3.05) is 12.8 Å². The third kappa shape index (κ3) is 4.18. The minimum Gasteiger partial charge on any atom is -0.398 e. The van der Waals surface area contributed by atoms with Crippen LogP contribution in [0.4, 0.5) is 18.9 Å². The number of carbonyl (C=O) groups is 1. The zero-order valence-electron chi connectivity index (χ0n) is 15.8. The number of nitrogens with zero attached hydrogens (tertiary/aromatic N) is 2. The van der Waals surface area contributed by atoms with E-state index in [1.165, 1.54) is 7.05 Å². The van der Waals surface area contributed by atoms with Gasteiger partial charge in [0.05, 0.1) is 5.56 Å². The molecule has 0 aromatic heterocycles. The molecule has 1 heterocycles. The number of amides is 1. The Bertz CT molecular complexity index is 910. The number of alkyl halides is 3. The maximum absolute atomic E-state index is 13.1. The number of benzene rings is 2. The van der Waals surface area contributed by atoms with Gasteiger partial charge >= 0.3 is 6.18 Å². The van der Waals surface area contributed by atoms with Gasteiger partial charge in [-0.3, -0.25) is 9.79 Å². The van der Waals surface area contributed by atoms with Crippen LogP contribution in [-0.4, -0.2) is 29.7 Å². The van der Waals surface area contributed by atoms with Gasteiger partial charge in [0.15, 0.2) is 0 Å². The summed E-state index contributed by atoms with van der Waals surface area (Å²) in [5, 5.41) is 0. The molecule has 0 atom stereocenters. The van der Waals surface area contributed by atoms with Gasteiger partial charge in [0, 0.05) is 38.0 Å². The van der Waals surface area contributed by atoms with Crippen molar-refractivity contribution < 1.29 is 18.0 Å². The molecule has 1 aliphatic rings. The van der Waals surface area contributed by atoms with Gasteiger partial charge in [0.25, 0.3) is 5.91 Å². The molecular formula is C21H22F3N3O. The summed E-state index contributed by atoms with van der Waals surface area (Å²) in [6, 6.07) is 11.0. The van der Waals surface area contributed by atoms with Crippen LogP contribution in [0.15, 0.2) is 41.4 Å². The molecule has 0 saturated heterocycles. The van der Waals surface area contributed by atoms with Gasteiger partial charge in [-0.2, -0.15) is 13.2 Å². The average Bonchev–Trinajstić information content (AvgIpc) is 3.06. The number of fused-ring (bicyclic) bond motifs is 1. The first-order valence-electron chi connectivity index (χ1n) is 8.98. The largest absolute Gasteiger partial charge is 0.398 e. The van der Waals surface area contributed by atoms with Crippen molar-refractivity contribution in [2.45, 2.75) is 39.0 Å². The number of nitrogen functional groups attached to an aromatic ring is 1. The molecule has 28 heavy (non-hydrogen) atoms. The Labute approximate surface area is 161 Å². The van der Waals surface area contributed by atoms with Crippen molar-refractivity contribution in [2.24, 2.45) is 4.99 Å². The first-order chi connectivity index (χ1) is 13.2. The van der Waals surface area contributed by atoms with E-state index in [-0.39, 0.29) is 12.3 Å². The van der Waals surface area contributed by atoms with Crippen molar-refractivity contribution in [1.29, 1.82) is 0 Å². The lowest BCUT2D eigenvalue weighted by Crippen LogP contribution is -2.26. The van der Waals surface area contributed by atoms with Gasteiger partial charge in [-0.05, 0) is 47.7 Å². The van der Waals surface area contributed by atoms with Gasteiger partial charge in [0.2, 0.25) is 0 Å². The Morgan fingerprint density at radius 3 is 2.29 bits per heavy atom. The summed E-state index contributed by atoms with van der Waals surface area (Å²) < 4.78 is 37.9. The Hall–Kier alpha value is -2.83. The summed E-state index contributed by atoms with van der Waals surface area (Å²) in [7, 11) is 1.46. The summed E-state index contributed by atoms with van der Waals surface area (Å²) in [6.45, 7) is 2.73. The zero-order valence-corrected chi connectivity index (χ0v) is 15.8. The molecule has 0 radical (unpaired) electrons. The van der Waals surface area contributed by atoms with Crippen LogP contribution in [0.25, 0.3) is 0 Å². The first-order valence-corrected chi connectivity index (χ1v) is 8.98. The van der Waals surface area contributed by atoms with Crippen LogP contribution >= 0.6 is 0 Å². The molecule has 0 saturated carbocycles.